The van der Waals surface area contributed by atoms with E-state index in [1.54, 1.807) is 7.05 Å². The molecule has 0 bridgehead atoms. The van der Waals surface area contributed by atoms with Crippen molar-refractivity contribution in [1.29, 1.82) is 0 Å². The maximum Gasteiger partial charge on any atom is 0.191 e. The number of halogens is 1. The number of guanidine groups is 1. The minimum absolute atomic E-state index is 0. The van der Waals surface area contributed by atoms with E-state index >= 15 is 0 Å². The Labute approximate surface area is 161 Å². The van der Waals surface area contributed by atoms with Gasteiger partial charge in [0.05, 0.1) is 12.2 Å². The molecule has 1 fully saturated rings. The monoisotopic (exact) mass is 436 g/mol. The topological polar surface area (TPSA) is 49.3 Å². The number of aliphatic imine (C=N–C) groups is 1. The minimum Gasteiger partial charge on any atom is -0.356 e. The Hall–Kier alpha value is -1.63. The van der Waals surface area contributed by atoms with E-state index in [4.69, 9.17) is 0 Å². The standard InChI is InChI=1S/C19H24N4.HI/c1-15-7-6-10-17(23-15)13-21-18(20-2)22-14-19(11-12-19)16-8-4-3-5-9-16;/h3-10H,11-14H2,1-2H3,(H2,20,21,22);1H. The quantitative estimate of drug-likeness (QED) is 0.429. The van der Waals surface area contributed by atoms with Gasteiger partial charge in [-0.2, -0.15) is 0 Å². The molecule has 1 aromatic carbocycles. The average Bonchev–Trinajstić information content (AvgIpc) is 3.37. The zero-order valence-corrected chi connectivity index (χ0v) is 16.6. The van der Waals surface area contributed by atoms with Crippen LogP contribution in [0.4, 0.5) is 0 Å². The molecular weight excluding hydrogens is 411 g/mol. The molecule has 2 aromatic rings. The van der Waals surface area contributed by atoms with Gasteiger partial charge in [0.15, 0.2) is 5.96 Å². The van der Waals surface area contributed by atoms with Crippen LogP contribution in [-0.4, -0.2) is 24.5 Å². The number of benzene rings is 1. The van der Waals surface area contributed by atoms with E-state index < -0.39 is 0 Å². The average molecular weight is 436 g/mol. The molecule has 0 spiro atoms. The Morgan fingerprint density at radius 2 is 1.83 bits per heavy atom. The largest absolute Gasteiger partial charge is 0.356 e. The summed E-state index contributed by atoms with van der Waals surface area (Å²) in [6, 6.07) is 16.8. The molecule has 1 saturated carbocycles. The molecule has 3 rings (SSSR count). The molecule has 0 aliphatic heterocycles. The molecule has 0 unspecified atom stereocenters. The molecule has 0 radical (unpaired) electrons. The first kappa shape index (κ1) is 18.7. The van der Waals surface area contributed by atoms with Crippen LogP contribution in [0.5, 0.6) is 0 Å². The van der Waals surface area contributed by atoms with Crippen LogP contribution < -0.4 is 10.6 Å². The maximum atomic E-state index is 4.50. The fraction of sp³-hybridized carbons (Fsp3) is 0.368. The van der Waals surface area contributed by atoms with Crippen molar-refractivity contribution in [3.63, 3.8) is 0 Å². The first-order valence-corrected chi connectivity index (χ1v) is 8.14. The van der Waals surface area contributed by atoms with Crippen LogP contribution in [0.3, 0.4) is 0 Å². The number of hydrogen-bond acceptors (Lipinski definition) is 2. The Morgan fingerprint density at radius 3 is 2.46 bits per heavy atom. The molecular formula is C19H25IN4. The molecule has 0 atom stereocenters. The fourth-order valence-electron chi connectivity index (χ4n) is 2.86. The maximum absolute atomic E-state index is 4.50. The highest BCUT2D eigenvalue weighted by Gasteiger charge is 2.43. The second-order valence-corrected chi connectivity index (χ2v) is 6.20. The normalized spacial score (nSPS) is 15.3. The number of aryl methyl sites for hydroxylation is 1. The lowest BCUT2D eigenvalue weighted by Gasteiger charge is -2.19. The van der Waals surface area contributed by atoms with Crippen molar-refractivity contribution in [2.45, 2.75) is 31.7 Å². The van der Waals surface area contributed by atoms with Crippen LogP contribution in [0.2, 0.25) is 0 Å². The van der Waals surface area contributed by atoms with Crippen molar-refractivity contribution in [1.82, 2.24) is 15.6 Å². The third kappa shape index (κ3) is 4.69. The summed E-state index contributed by atoms with van der Waals surface area (Å²) >= 11 is 0. The van der Waals surface area contributed by atoms with Crippen LogP contribution in [0.15, 0.2) is 53.5 Å². The van der Waals surface area contributed by atoms with Crippen LogP contribution >= 0.6 is 24.0 Å². The zero-order chi connectivity index (χ0) is 16.1. The smallest absolute Gasteiger partial charge is 0.191 e. The van der Waals surface area contributed by atoms with Crippen molar-refractivity contribution in [2.24, 2.45) is 4.99 Å². The second-order valence-electron chi connectivity index (χ2n) is 6.20. The summed E-state index contributed by atoms with van der Waals surface area (Å²) in [4.78, 5) is 8.82. The number of rotatable bonds is 5. The Bertz CT molecular complexity index is 681. The second kappa shape index (κ2) is 8.46. The molecule has 1 aliphatic carbocycles. The Morgan fingerprint density at radius 1 is 1.08 bits per heavy atom. The molecule has 0 saturated heterocycles. The first-order chi connectivity index (χ1) is 11.2. The van der Waals surface area contributed by atoms with Crippen LogP contribution in [0, 0.1) is 6.92 Å². The van der Waals surface area contributed by atoms with Crippen LogP contribution in [0.1, 0.15) is 29.8 Å². The van der Waals surface area contributed by atoms with Crippen LogP contribution in [0.25, 0.3) is 0 Å². The minimum atomic E-state index is 0. The highest BCUT2D eigenvalue weighted by molar-refractivity contribution is 14.0. The van der Waals surface area contributed by atoms with E-state index in [0.29, 0.717) is 6.54 Å². The summed E-state index contributed by atoms with van der Waals surface area (Å²) < 4.78 is 0. The molecule has 1 heterocycles. The van der Waals surface area contributed by atoms with Gasteiger partial charge in [0, 0.05) is 24.7 Å². The lowest BCUT2D eigenvalue weighted by molar-refractivity contribution is 0.644. The van der Waals surface area contributed by atoms with E-state index in [2.05, 4.69) is 50.9 Å². The summed E-state index contributed by atoms with van der Waals surface area (Å²) in [5, 5.41) is 6.81. The van der Waals surface area contributed by atoms with Gasteiger partial charge in [-0.1, -0.05) is 36.4 Å². The fourth-order valence-corrected chi connectivity index (χ4v) is 2.86. The summed E-state index contributed by atoms with van der Waals surface area (Å²) in [5.74, 6) is 0.829. The van der Waals surface area contributed by atoms with E-state index in [0.717, 1.165) is 23.9 Å². The number of aromatic nitrogens is 1. The van der Waals surface area contributed by atoms with Crippen LogP contribution in [-0.2, 0) is 12.0 Å². The predicted octanol–water partition coefficient (Wildman–Crippen LogP) is 3.40. The lowest BCUT2D eigenvalue weighted by Crippen LogP contribution is -2.41. The van der Waals surface area contributed by atoms with Gasteiger partial charge in [0.2, 0.25) is 0 Å². The summed E-state index contributed by atoms with van der Waals surface area (Å²) in [5.41, 5.74) is 3.76. The molecule has 1 aliphatic rings. The molecule has 128 valence electrons. The SMILES string of the molecule is CN=C(NCc1cccc(C)n1)NCC1(c2ccccc2)CC1.I. The van der Waals surface area contributed by atoms with Crippen molar-refractivity contribution in [2.75, 3.05) is 13.6 Å². The van der Waals surface area contributed by atoms with Gasteiger partial charge in [-0.3, -0.25) is 9.98 Å². The van der Waals surface area contributed by atoms with Gasteiger partial charge < -0.3 is 10.6 Å². The zero-order valence-electron chi connectivity index (χ0n) is 14.2. The number of nitrogens with zero attached hydrogens (tertiary/aromatic N) is 2. The van der Waals surface area contributed by atoms with E-state index in [9.17, 15) is 0 Å². The molecule has 1 aromatic heterocycles. The molecule has 2 N–H and O–H groups in total. The molecule has 24 heavy (non-hydrogen) atoms. The number of pyridine rings is 1. The van der Waals surface area contributed by atoms with E-state index in [1.165, 1.54) is 18.4 Å². The van der Waals surface area contributed by atoms with Crippen molar-refractivity contribution >= 4 is 29.9 Å². The Kier molecular flexibility index (Phi) is 6.60. The summed E-state index contributed by atoms with van der Waals surface area (Å²) in [7, 11) is 1.81. The van der Waals surface area contributed by atoms with Gasteiger partial charge in [0.25, 0.3) is 0 Å². The van der Waals surface area contributed by atoms with Gasteiger partial charge >= 0.3 is 0 Å². The predicted molar refractivity (Wildman–Crippen MR) is 110 cm³/mol. The molecule has 5 heteroatoms. The van der Waals surface area contributed by atoms with Crippen molar-refractivity contribution in [3.8, 4) is 0 Å². The Balaban J connectivity index is 0.00000208. The van der Waals surface area contributed by atoms with E-state index in [-0.39, 0.29) is 29.4 Å². The third-order valence-electron chi connectivity index (χ3n) is 4.44. The lowest BCUT2D eigenvalue weighted by atomic mass is 9.96. The summed E-state index contributed by atoms with van der Waals surface area (Å²) in [6.07, 6.45) is 2.47. The van der Waals surface area contributed by atoms with E-state index in [1.807, 2.05) is 25.1 Å². The highest BCUT2D eigenvalue weighted by Crippen LogP contribution is 2.47. The van der Waals surface area contributed by atoms with Crippen molar-refractivity contribution < 1.29 is 0 Å². The highest BCUT2D eigenvalue weighted by atomic mass is 127. The molecule has 4 nitrogen and oxygen atoms in total. The third-order valence-corrected chi connectivity index (χ3v) is 4.44. The van der Waals surface area contributed by atoms with Gasteiger partial charge in [-0.15, -0.1) is 24.0 Å². The van der Waals surface area contributed by atoms with Gasteiger partial charge in [-0.05, 0) is 37.5 Å². The number of hydrogen-bond donors (Lipinski definition) is 2. The van der Waals surface area contributed by atoms with Crippen molar-refractivity contribution in [3.05, 3.63) is 65.5 Å². The summed E-state index contributed by atoms with van der Waals surface area (Å²) in [6.45, 7) is 3.60. The molecule has 0 amide bonds. The number of nitrogens with one attached hydrogen (secondary N) is 2. The van der Waals surface area contributed by atoms with Gasteiger partial charge in [-0.25, -0.2) is 0 Å². The first-order valence-electron chi connectivity index (χ1n) is 8.14. The van der Waals surface area contributed by atoms with Gasteiger partial charge in [0.1, 0.15) is 0 Å².